The molecule has 3 aromatic carbocycles. The maximum Gasteiger partial charge on any atom is 0.261 e. The van der Waals surface area contributed by atoms with Crippen LogP contribution in [-0.2, 0) is 10.0 Å². The summed E-state index contributed by atoms with van der Waals surface area (Å²) in [6.07, 6.45) is 0. The van der Waals surface area contributed by atoms with Crippen LogP contribution in [0.4, 0.5) is 17.1 Å². The van der Waals surface area contributed by atoms with Gasteiger partial charge >= 0.3 is 0 Å². The van der Waals surface area contributed by atoms with E-state index in [-0.39, 0.29) is 4.90 Å². The van der Waals surface area contributed by atoms with Crippen LogP contribution in [0.5, 0.6) is 11.5 Å². The quantitative estimate of drug-likeness (QED) is 0.436. The van der Waals surface area contributed by atoms with Crippen LogP contribution < -0.4 is 19.2 Å². The van der Waals surface area contributed by atoms with E-state index in [0.717, 1.165) is 0 Å². The molecular formula is C20H19N3O5S. The van der Waals surface area contributed by atoms with Crippen molar-refractivity contribution in [2.45, 2.75) is 4.90 Å². The molecule has 150 valence electrons. The van der Waals surface area contributed by atoms with E-state index >= 15 is 0 Å². The van der Waals surface area contributed by atoms with Gasteiger partial charge in [0.25, 0.3) is 10.0 Å². The molecule has 0 radical (unpaired) electrons. The van der Waals surface area contributed by atoms with E-state index in [1.165, 1.54) is 24.3 Å². The number of benzene rings is 3. The number of nitroso groups, excluding NO2 is 1. The Hall–Kier alpha value is -3.59. The molecule has 0 aliphatic heterocycles. The van der Waals surface area contributed by atoms with E-state index < -0.39 is 10.0 Å². The van der Waals surface area contributed by atoms with Crippen molar-refractivity contribution in [3.63, 3.8) is 0 Å². The number of nitrogens with one attached hydrogen (secondary N) is 1. The predicted octanol–water partition coefficient (Wildman–Crippen LogP) is 4.32. The Morgan fingerprint density at radius 1 is 0.759 bits per heavy atom. The number of ether oxygens (including phenoxy) is 2. The van der Waals surface area contributed by atoms with E-state index in [0.29, 0.717) is 28.6 Å². The van der Waals surface area contributed by atoms with Gasteiger partial charge in [0.2, 0.25) is 0 Å². The van der Waals surface area contributed by atoms with Gasteiger partial charge in [0.15, 0.2) is 0 Å². The molecule has 0 bridgehead atoms. The zero-order chi connectivity index (χ0) is 20.9. The van der Waals surface area contributed by atoms with Gasteiger partial charge in [0.05, 0.1) is 35.8 Å². The number of nitrogens with zero attached hydrogens (tertiary/aromatic N) is 2. The fraction of sp³-hybridized carbons (Fsp3) is 0.100. The summed E-state index contributed by atoms with van der Waals surface area (Å²) in [6.45, 7) is 0. The van der Waals surface area contributed by atoms with Crippen LogP contribution in [0.3, 0.4) is 0 Å². The van der Waals surface area contributed by atoms with Gasteiger partial charge in [-0.25, -0.2) is 8.42 Å². The fourth-order valence-corrected chi connectivity index (χ4v) is 3.67. The molecule has 0 amide bonds. The molecule has 8 nitrogen and oxygen atoms in total. The highest BCUT2D eigenvalue weighted by molar-refractivity contribution is 7.92. The van der Waals surface area contributed by atoms with Gasteiger partial charge in [-0.2, -0.15) is 5.01 Å². The third-order valence-corrected chi connectivity index (χ3v) is 5.53. The molecule has 0 aliphatic carbocycles. The van der Waals surface area contributed by atoms with Gasteiger partial charge in [-0.15, -0.1) is 4.91 Å². The first kappa shape index (κ1) is 20.2. The Labute approximate surface area is 168 Å². The summed E-state index contributed by atoms with van der Waals surface area (Å²) in [5.74, 6) is 1.22. The lowest BCUT2D eigenvalue weighted by molar-refractivity contribution is 0.414. The highest BCUT2D eigenvalue weighted by Crippen LogP contribution is 2.29. The topological polar surface area (TPSA) is 97.3 Å². The predicted molar refractivity (Wildman–Crippen MR) is 111 cm³/mol. The van der Waals surface area contributed by atoms with Crippen LogP contribution in [0.15, 0.2) is 83.0 Å². The molecule has 0 unspecified atom stereocenters. The lowest BCUT2D eigenvalue weighted by atomic mass is 10.2. The van der Waals surface area contributed by atoms with Crippen molar-refractivity contribution in [2.24, 2.45) is 5.29 Å². The smallest absolute Gasteiger partial charge is 0.261 e. The molecule has 29 heavy (non-hydrogen) atoms. The fourth-order valence-electron chi connectivity index (χ4n) is 2.61. The Morgan fingerprint density at radius 3 is 1.66 bits per heavy atom. The number of sulfonamides is 1. The zero-order valence-corrected chi connectivity index (χ0v) is 16.6. The molecule has 9 heteroatoms. The van der Waals surface area contributed by atoms with Crippen LogP contribution in [0, 0.1) is 4.91 Å². The third kappa shape index (κ3) is 4.64. The van der Waals surface area contributed by atoms with Gasteiger partial charge in [0, 0.05) is 5.69 Å². The minimum Gasteiger partial charge on any atom is -0.497 e. The van der Waals surface area contributed by atoms with Gasteiger partial charge in [-0.1, -0.05) is 0 Å². The summed E-state index contributed by atoms with van der Waals surface area (Å²) in [4.78, 5) is 11.4. The highest BCUT2D eigenvalue weighted by Gasteiger charge is 2.15. The number of hydrogen-bond donors (Lipinski definition) is 1. The van der Waals surface area contributed by atoms with E-state index in [4.69, 9.17) is 9.47 Å². The normalized spacial score (nSPS) is 10.8. The maximum atomic E-state index is 12.5. The minimum atomic E-state index is -3.76. The maximum absolute atomic E-state index is 12.5. The largest absolute Gasteiger partial charge is 0.497 e. The molecule has 1 N–H and O–H groups in total. The van der Waals surface area contributed by atoms with Crippen LogP contribution in [0.2, 0.25) is 0 Å². The molecule has 3 aromatic rings. The lowest BCUT2D eigenvalue weighted by Gasteiger charge is -2.16. The molecule has 0 spiro atoms. The summed E-state index contributed by atoms with van der Waals surface area (Å²) >= 11 is 0. The Morgan fingerprint density at radius 2 is 1.21 bits per heavy atom. The molecule has 0 heterocycles. The van der Waals surface area contributed by atoms with Crippen LogP contribution in [0.25, 0.3) is 0 Å². The zero-order valence-electron chi connectivity index (χ0n) is 15.8. The molecule has 3 rings (SSSR count). The Balaban J connectivity index is 1.78. The van der Waals surface area contributed by atoms with Gasteiger partial charge in [0.1, 0.15) is 11.5 Å². The first-order chi connectivity index (χ1) is 14.0. The molecule has 0 saturated carbocycles. The average Bonchev–Trinajstić information content (AvgIpc) is 2.76. The van der Waals surface area contributed by atoms with Crippen molar-refractivity contribution in [3.05, 3.63) is 77.7 Å². The number of rotatable bonds is 8. The van der Waals surface area contributed by atoms with Crippen molar-refractivity contribution in [1.82, 2.24) is 0 Å². The third-order valence-electron chi connectivity index (χ3n) is 4.13. The molecule has 0 fully saturated rings. The second kappa shape index (κ2) is 8.61. The second-order valence-electron chi connectivity index (χ2n) is 5.92. The SMILES string of the molecule is COc1ccc(N(N=O)c2ccc(NS(=O)(=O)c3ccc(OC)cc3)cc2)cc1. The molecule has 0 aliphatic rings. The van der Waals surface area contributed by atoms with Crippen LogP contribution >= 0.6 is 0 Å². The molecular weight excluding hydrogens is 394 g/mol. The van der Waals surface area contributed by atoms with E-state index in [2.05, 4.69) is 10.0 Å². The van der Waals surface area contributed by atoms with Crippen LogP contribution in [-0.4, -0.2) is 22.6 Å². The molecule has 0 aromatic heterocycles. The molecule has 0 saturated heterocycles. The summed E-state index contributed by atoms with van der Waals surface area (Å²) in [5, 5.41) is 4.24. The van der Waals surface area contributed by atoms with Crippen molar-refractivity contribution in [2.75, 3.05) is 24.0 Å². The first-order valence-corrected chi connectivity index (χ1v) is 9.99. The number of hydrogen-bond acceptors (Lipinski definition) is 6. The Kier molecular flexibility index (Phi) is 5.99. The minimum absolute atomic E-state index is 0.108. The summed E-state index contributed by atoms with van der Waals surface area (Å²) in [5.41, 5.74) is 1.38. The summed E-state index contributed by atoms with van der Waals surface area (Å²) in [6, 6.07) is 19.2. The average molecular weight is 413 g/mol. The van der Waals surface area contributed by atoms with E-state index in [1.54, 1.807) is 67.8 Å². The van der Waals surface area contributed by atoms with Crippen molar-refractivity contribution < 1.29 is 17.9 Å². The van der Waals surface area contributed by atoms with E-state index in [1.807, 2.05) is 0 Å². The van der Waals surface area contributed by atoms with E-state index in [9.17, 15) is 13.3 Å². The van der Waals surface area contributed by atoms with Gasteiger partial charge in [-0.3, -0.25) is 4.72 Å². The molecule has 0 atom stereocenters. The number of anilines is 3. The Bertz CT molecular complexity index is 1070. The lowest BCUT2D eigenvalue weighted by Crippen LogP contribution is -2.13. The number of methoxy groups -OCH3 is 2. The van der Waals surface area contributed by atoms with Crippen molar-refractivity contribution in [3.8, 4) is 11.5 Å². The van der Waals surface area contributed by atoms with Crippen LogP contribution in [0.1, 0.15) is 0 Å². The van der Waals surface area contributed by atoms with Crippen molar-refractivity contribution in [1.29, 1.82) is 0 Å². The monoisotopic (exact) mass is 413 g/mol. The first-order valence-electron chi connectivity index (χ1n) is 8.51. The summed E-state index contributed by atoms with van der Waals surface area (Å²) < 4.78 is 37.7. The van der Waals surface area contributed by atoms with Gasteiger partial charge in [-0.05, 0) is 72.8 Å². The van der Waals surface area contributed by atoms with Crippen molar-refractivity contribution >= 4 is 27.1 Å². The van der Waals surface area contributed by atoms with Gasteiger partial charge < -0.3 is 9.47 Å². The summed E-state index contributed by atoms with van der Waals surface area (Å²) in [7, 11) is -0.696. The standard InChI is InChI=1S/C20H19N3O5S/c1-27-18-9-7-17(8-10-18)23(22-24)16-5-3-15(4-6-16)21-29(25,26)20-13-11-19(28-2)12-14-20/h3-14,21H,1-2H3. The second-order valence-corrected chi connectivity index (χ2v) is 7.60. The highest BCUT2D eigenvalue weighted by atomic mass is 32.2.